The Labute approximate surface area is 191 Å². The summed E-state index contributed by atoms with van der Waals surface area (Å²) in [5, 5.41) is 13.7. The Morgan fingerprint density at radius 3 is 2.55 bits per heavy atom. The fourth-order valence-corrected chi connectivity index (χ4v) is 3.48. The Morgan fingerprint density at radius 1 is 1.17 bits per heavy atom. The first kappa shape index (κ1) is 23.6. The Bertz CT molecular complexity index is 763. The predicted octanol–water partition coefficient (Wildman–Crippen LogP) is 2.82. The van der Waals surface area contributed by atoms with Crippen molar-refractivity contribution in [1.82, 2.24) is 20.1 Å². The fraction of sp³-hybridized carbons (Fsp3) is 0.455. The Hall–Kier alpha value is -1.71. The smallest absolute Gasteiger partial charge is 0.194 e. The number of hydrogen-bond donors (Lipinski definition) is 2. The molecule has 1 aromatic carbocycles. The highest BCUT2D eigenvalue weighted by Crippen LogP contribution is 2.13. The summed E-state index contributed by atoms with van der Waals surface area (Å²) >= 11 is 0. The second-order valence-electron chi connectivity index (χ2n) is 7.24. The molecular weight excluding hydrogens is 477 g/mol. The van der Waals surface area contributed by atoms with Crippen molar-refractivity contribution in [2.24, 2.45) is 4.99 Å². The molecule has 0 radical (unpaired) electrons. The third-order valence-corrected chi connectivity index (χ3v) is 5.00. The van der Waals surface area contributed by atoms with Gasteiger partial charge in [-0.3, -0.25) is 14.9 Å². The molecule has 1 aromatic heterocycles. The Kier molecular flexibility index (Phi) is 9.83. The van der Waals surface area contributed by atoms with Crippen LogP contribution in [0.15, 0.2) is 53.8 Å². The summed E-state index contributed by atoms with van der Waals surface area (Å²) in [6.45, 7) is 10.2. The van der Waals surface area contributed by atoms with Crippen LogP contribution in [0.4, 0.5) is 0 Å². The number of aliphatic hydroxyl groups excluding tert-OH is 1. The van der Waals surface area contributed by atoms with E-state index in [4.69, 9.17) is 0 Å². The number of pyridine rings is 1. The molecule has 1 unspecified atom stereocenters. The molecular formula is C22H32IN5O. The SMILES string of the molecule is CCNC(=NCC(O)c1ccncc1)N1CCN(Cc2cccc(C)c2)CC1.I. The second kappa shape index (κ2) is 12.1. The molecule has 1 fully saturated rings. The van der Waals surface area contributed by atoms with Crippen LogP contribution in [0.2, 0.25) is 0 Å². The maximum absolute atomic E-state index is 10.4. The van der Waals surface area contributed by atoms with E-state index in [1.165, 1.54) is 11.1 Å². The third-order valence-electron chi connectivity index (χ3n) is 5.00. The van der Waals surface area contributed by atoms with E-state index in [-0.39, 0.29) is 24.0 Å². The van der Waals surface area contributed by atoms with E-state index in [0.29, 0.717) is 6.54 Å². The zero-order chi connectivity index (χ0) is 19.8. The number of rotatable bonds is 6. The van der Waals surface area contributed by atoms with Crippen molar-refractivity contribution in [3.05, 3.63) is 65.5 Å². The standard InChI is InChI=1S/C22H31N5O.HI/c1-3-24-22(25-16-21(28)20-7-9-23-10-8-20)27-13-11-26(12-14-27)17-19-6-4-5-18(2)15-19;/h4-10,15,21,28H,3,11-14,16-17H2,1-2H3,(H,24,25);1H. The molecule has 0 aliphatic carbocycles. The number of halogens is 1. The molecule has 0 amide bonds. The molecule has 2 N–H and O–H groups in total. The summed E-state index contributed by atoms with van der Waals surface area (Å²) in [5.41, 5.74) is 3.53. The minimum Gasteiger partial charge on any atom is -0.386 e. The largest absolute Gasteiger partial charge is 0.386 e. The highest BCUT2D eigenvalue weighted by molar-refractivity contribution is 14.0. The van der Waals surface area contributed by atoms with Gasteiger partial charge in [-0.15, -0.1) is 24.0 Å². The molecule has 0 spiro atoms. The molecule has 158 valence electrons. The van der Waals surface area contributed by atoms with Crippen LogP contribution in [0, 0.1) is 6.92 Å². The minimum absolute atomic E-state index is 0. The van der Waals surface area contributed by atoms with Crippen LogP contribution < -0.4 is 5.32 Å². The molecule has 0 bridgehead atoms. The molecule has 6 nitrogen and oxygen atoms in total. The van der Waals surface area contributed by atoms with Crippen molar-refractivity contribution in [3.63, 3.8) is 0 Å². The van der Waals surface area contributed by atoms with Gasteiger partial charge in [-0.05, 0) is 37.1 Å². The summed E-state index contributed by atoms with van der Waals surface area (Å²) in [4.78, 5) is 13.4. The van der Waals surface area contributed by atoms with Gasteiger partial charge in [0.2, 0.25) is 0 Å². The number of aromatic nitrogens is 1. The molecule has 7 heteroatoms. The first-order chi connectivity index (χ1) is 13.7. The van der Waals surface area contributed by atoms with Gasteiger partial charge >= 0.3 is 0 Å². The van der Waals surface area contributed by atoms with Crippen molar-refractivity contribution in [1.29, 1.82) is 0 Å². The van der Waals surface area contributed by atoms with Crippen molar-refractivity contribution in [3.8, 4) is 0 Å². The van der Waals surface area contributed by atoms with Gasteiger partial charge < -0.3 is 15.3 Å². The van der Waals surface area contributed by atoms with Crippen LogP contribution in [-0.2, 0) is 6.54 Å². The monoisotopic (exact) mass is 509 g/mol. The van der Waals surface area contributed by atoms with E-state index in [1.807, 2.05) is 12.1 Å². The normalized spacial score (nSPS) is 16.2. The first-order valence-corrected chi connectivity index (χ1v) is 10.0. The van der Waals surface area contributed by atoms with E-state index in [9.17, 15) is 5.11 Å². The van der Waals surface area contributed by atoms with E-state index < -0.39 is 6.10 Å². The summed E-state index contributed by atoms with van der Waals surface area (Å²) in [6, 6.07) is 12.4. The van der Waals surface area contributed by atoms with Gasteiger partial charge in [-0.1, -0.05) is 29.8 Å². The van der Waals surface area contributed by atoms with E-state index in [0.717, 1.165) is 50.8 Å². The van der Waals surface area contributed by atoms with Gasteiger partial charge in [0.25, 0.3) is 0 Å². The molecule has 3 rings (SSSR count). The van der Waals surface area contributed by atoms with Gasteiger partial charge in [-0.25, -0.2) is 0 Å². The maximum atomic E-state index is 10.4. The molecule has 1 aliphatic heterocycles. The number of piperazine rings is 1. The zero-order valence-corrected chi connectivity index (χ0v) is 19.6. The molecule has 2 aromatic rings. The number of nitrogens with one attached hydrogen (secondary N) is 1. The third kappa shape index (κ3) is 7.24. The van der Waals surface area contributed by atoms with Crippen LogP contribution in [0.5, 0.6) is 0 Å². The van der Waals surface area contributed by atoms with Crippen LogP contribution in [0.1, 0.15) is 29.7 Å². The average molecular weight is 509 g/mol. The zero-order valence-electron chi connectivity index (χ0n) is 17.3. The lowest BCUT2D eigenvalue weighted by molar-refractivity contribution is 0.169. The van der Waals surface area contributed by atoms with Gasteiger partial charge in [0.15, 0.2) is 5.96 Å². The number of hydrogen-bond acceptors (Lipinski definition) is 4. The van der Waals surface area contributed by atoms with E-state index >= 15 is 0 Å². The highest BCUT2D eigenvalue weighted by atomic mass is 127. The first-order valence-electron chi connectivity index (χ1n) is 10.0. The summed E-state index contributed by atoms with van der Waals surface area (Å²) in [5.74, 6) is 0.880. The van der Waals surface area contributed by atoms with Gasteiger partial charge in [0.1, 0.15) is 0 Å². The van der Waals surface area contributed by atoms with Gasteiger partial charge in [0, 0.05) is 51.7 Å². The van der Waals surface area contributed by atoms with Crippen molar-refractivity contribution in [2.75, 3.05) is 39.3 Å². The molecule has 1 aliphatic rings. The van der Waals surface area contributed by atoms with Crippen LogP contribution in [0.3, 0.4) is 0 Å². The quantitative estimate of drug-likeness (QED) is 0.357. The molecule has 29 heavy (non-hydrogen) atoms. The number of aryl methyl sites for hydroxylation is 1. The van der Waals surface area contributed by atoms with E-state index in [1.54, 1.807) is 12.4 Å². The lowest BCUT2D eigenvalue weighted by atomic mass is 10.1. The van der Waals surface area contributed by atoms with Crippen molar-refractivity contribution in [2.45, 2.75) is 26.5 Å². The second-order valence-corrected chi connectivity index (χ2v) is 7.24. The number of aliphatic hydroxyl groups is 1. The van der Waals surface area contributed by atoms with Gasteiger partial charge in [0.05, 0.1) is 12.6 Å². The average Bonchev–Trinajstić information content (AvgIpc) is 2.72. The number of guanidine groups is 1. The van der Waals surface area contributed by atoms with Crippen LogP contribution >= 0.6 is 24.0 Å². The highest BCUT2D eigenvalue weighted by Gasteiger charge is 2.20. The molecule has 2 heterocycles. The summed E-state index contributed by atoms with van der Waals surface area (Å²) in [7, 11) is 0. The Balaban J connectivity index is 0.00000300. The maximum Gasteiger partial charge on any atom is 0.194 e. The predicted molar refractivity (Wildman–Crippen MR) is 129 cm³/mol. The summed E-state index contributed by atoms with van der Waals surface area (Å²) < 4.78 is 0. The molecule has 1 saturated heterocycles. The number of nitrogens with zero attached hydrogens (tertiary/aromatic N) is 4. The number of aliphatic imine (C=N–C) groups is 1. The lowest BCUT2D eigenvalue weighted by Gasteiger charge is -2.36. The number of benzene rings is 1. The van der Waals surface area contributed by atoms with Crippen molar-refractivity contribution >= 4 is 29.9 Å². The molecule has 0 saturated carbocycles. The van der Waals surface area contributed by atoms with Crippen molar-refractivity contribution < 1.29 is 5.11 Å². The van der Waals surface area contributed by atoms with Crippen LogP contribution in [0.25, 0.3) is 0 Å². The van der Waals surface area contributed by atoms with Crippen LogP contribution in [-0.4, -0.2) is 65.1 Å². The Morgan fingerprint density at radius 2 is 1.90 bits per heavy atom. The topological polar surface area (TPSA) is 64.0 Å². The van der Waals surface area contributed by atoms with Gasteiger partial charge in [-0.2, -0.15) is 0 Å². The lowest BCUT2D eigenvalue weighted by Crippen LogP contribution is -2.52. The summed E-state index contributed by atoms with van der Waals surface area (Å²) in [6.07, 6.45) is 2.78. The fourth-order valence-electron chi connectivity index (χ4n) is 3.48. The minimum atomic E-state index is -0.612. The van der Waals surface area contributed by atoms with E-state index in [2.05, 4.69) is 63.2 Å². The molecule has 1 atom stereocenters.